The van der Waals surface area contributed by atoms with E-state index in [1.165, 1.54) is 0 Å². The molecule has 1 atom stereocenters. The molecule has 208 valence electrons. The lowest BCUT2D eigenvalue weighted by molar-refractivity contribution is -0.142. The van der Waals surface area contributed by atoms with Gasteiger partial charge in [0, 0.05) is 27.4 Å². The van der Waals surface area contributed by atoms with Crippen LogP contribution in [0.5, 0.6) is 0 Å². The van der Waals surface area contributed by atoms with Crippen LogP contribution in [0.2, 0.25) is 0 Å². The van der Waals surface area contributed by atoms with Gasteiger partial charge in [-0.2, -0.15) is 10.4 Å². The van der Waals surface area contributed by atoms with Crippen molar-refractivity contribution in [2.45, 2.75) is 12.5 Å². The van der Waals surface area contributed by atoms with Crippen molar-refractivity contribution in [2.24, 2.45) is 0 Å². The van der Waals surface area contributed by atoms with Gasteiger partial charge in [0.1, 0.15) is 11.6 Å². The fourth-order valence-corrected chi connectivity index (χ4v) is 7.30. The Morgan fingerprint density at radius 1 is 0.905 bits per heavy atom. The number of carbonyl (C=O) groups is 2. The molecule has 6 rings (SSSR count). The van der Waals surface area contributed by atoms with Crippen LogP contribution in [0.3, 0.4) is 0 Å². The fourth-order valence-electron chi connectivity index (χ4n) is 5.34. The van der Waals surface area contributed by atoms with Crippen molar-refractivity contribution in [1.29, 1.82) is 5.26 Å². The van der Waals surface area contributed by atoms with Gasteiger partial charge in [-0.05, 0) is 42.3 Å². The first-order valence-corrected chi connectivity index (χ1v) is 15.8. The van der Waals surface area contributed by atoms with E-state index in [4.69, 9.17) is 5.10 Å². The van der Waals surface area contributed by atoms with Gasteiger partial charge in [0.05, 0.1) is 34.5 Å². The second-order valence-corrected chi connectivity index (χ2v) is 13.2. The lowest BCUT2D eigenvalue weighted by atomic mass is 9.86. The summed E-state index contributed by atoms with van der Waals surface area (Å²) in [6.07, 6.45) is 3.57. The van der Waals surface area contributed by atoms with Gasteiger partial charge in [-0.1, -0.05) is 76.6 Å². The summed E-state index contributed by atoms with van der Waals surface area (Å²) < 4.78 is 27.2. The van der Waals surface area contributed by atoms with Crippen LogP contribution < -0.4 is 0 Å². The average molecular weight is 640 g/mol. The summed E-state index contributed by atoms with van der Waals surface area (Å²) in [4.78, 5) is 28.8. The monoisotopic (exact) mass is 638 g/mol. The molecule has 2 aliphatic rings. The standard InChI is InChI=1S/C32H23BrN4O4S/c33-24-13-11-22(12-14-24)30-23(19-36(35-30)25-9-5-2-6-10-25)17-27-29(21-7-3-1-4-8-21)28(18-34)32(39)37(31(27)38)26-15-16-42(40,41)20-26/h1-14,17,19,26H,15-16,20H2/b27-17-. The molecule has 0 saturated carbocycles. The molecular formula is C32H23BrN4O4S. The zero-order valence-electron chi connectivity index (χ0n) is 22.1. The van der Waals surface area contributed by atoms with Crippen molar-refractivity contribution in [3.63, 3.8) is 0 Å². The maximum Gasteiger partial charge on any atom is 0.272 e. The Hall–Kier alpha value is -4.59. The molecule has 1 fully saturated rings. The predicted molar refractivity (Wildman–Crippen MR) is 163 cm³/mol. The van der Waals surface area contributed by atoms with Crippen molar-refractivity contribution in [1.82, 2.24) is 14.7 Å². The van der Waals surface area contributed by atoms with Crippen molar-refractivity contribution in [3.8, 4) is 23.0 Å². The molecule has 8 nitrogen and oxygen atoms in total. The van der Waals surface area contributed by atoms with E-state index >= 15 is 0 Å². The molecule has 1 unspecified atom stereocenters. The van der Waals surface area contributed by atoms with Gasteiger partial charge in [-0.25, -0.2) is 13.1 Å². The number of para-hydroxylation sites is 1. The summed E-state index contributed by atoms with van der Waals surface area (Å²) in [5.41, 5.74) is 3.42. The maximum absolute atomic E-state index is 14.2. The molecular weight excluding hydrogens is 616 g/mol. The van der Waals surface area contributed by atoms with Gasteiger partial charge in [-0.3, -0.25) is 14.5 Å². The number of sulfone groups is 1. The third-order valence-electron chi connectivity index (χ3n) is 7.33. The molecule has 42 heavy (non-hydrogen) atoms. The van der Waals surface area contributed by atoms with E-state index in [2.05, 4.69) is 15.9 Å². The van der Waals surface area contributed by atoms with E-state index in [1.54, 1.807) is 47.3 Å². The minimum Gasteiger partial charge on any atom is -0.270 e. The average Bonchev–Trinajstić information content (AvgIpc) is 3.58. The largest absolute Gasteiger partial charge is 0.272 e. The first-order valence-electron chi connectivity index (χ1n) is 13.2. The first-order chi connectivity index (χ1) is 20.3. The molecule has 0 aliphatic carbocycles. The Balaban J connectivity index is 1.59. The number of nitriles is 1. The number of hydrogen-bond donors (Lipinski definition) is 0. The van der Waals surface area contributed by atoms with Crippen LogP contribution in [0.15, 0.2) is 107 Å². The number of imide groups is 1. The highest BCUT2D eigenvalue weighted by atomic mass is 79.9. The Morgan fingerprint density at radius 3 is 2.19 bits per heavy atom. The molecule has 2 aliphatic heterocycles. The van der Waals surface area contributed by atoms with Crippen LogP contribution >= 0.6 is 15.9 Å². The Labute approximate surface area is 251 Å². The van der Waals surface area contributed by atoms with Crippen LogP contribution in [0.1, 0.15) is 17.5 Å². The highest BCUT2D eigenvalue weighted by Crippen LogP contribution is 2.38. The number of benzene rings is 3. The van der Waals surface area contributed by atoms with Crippen LogP contribution in [-0.4, -0.2) is 52.5 Å². The van der Waals surface area contributed by atoms with Gasteiger partial charge < -0.3 is 0 Å². The number of hydrogen-bond acceptors (Lipinski definition) is 6. The second kappa shape index (κ2) is 11.0. The molecule has 3 aromatic carbocycles. The third-order valence-corrected chi connectivity index (χ3v) is 9.61. The normalized spacial score (nSPS) is 19.4. The Bertz CT molecular complexity index is 1920. The van der Waals surface area contributed by atoms with Crippen LogP contribution in [0, 0.1) is 11.3 Å². The molecule has 0 spiro atoms. The smallest absolute Gasteiger partial charge is 0.270 e. The van der Waals surface area contributed by atoms with E-state index in [1.807, 2.05) is 60.7 Å². The zero-order chi connectivity index (χ0) is 29.4. The predicted octanol–water partition coefficient (Wildman–Crippen LogP) is 5.22. The number of nitrogens with zero attached hydrogens (tertiary/aromatic N) is 4. The summed E-state index contributed by atoms with van der Waals surface area (Å²) in [7, 11) is -3.41. The lowest BCUT2D eigenvalue weighted by Crippen LogP contribution is -2.49. The molecule has 3 heterocycles. The molecule has 2 amide bonds. The summed E-state index contributed by atoms with van der Waals surface area (Å²) in [6, 6.07) is 27.1. The number of amides is 2. The van der Waals surface area contributed by atoms with Crippen molar-refractivity contribution < 1.29 is 18.0 Å². The molecule has 0 bridgehead atoms. The van der Waals surface area contributed by atoms with E-state index in [0.717, 1.165) is 20.6 Å². The Kier molecular flexibility index (Phi) is 7.22. The lowest BCUT2D eigenvalue weighted by Gasteiger charge is -2.32. The second-order valence-electron chi connectivity index (χ2n) is 10.0. The van der Waals surface area contributed by atoms with Crippen LogP contribution in [0.25, 0.3) is 28.6 Å². The number of aromatic nitrogens is 2. The zero-order valence-corrected chi connectivity index (χ0v) is 24.5. The van der Waals surface area contributed by atoms with Crippen molar-refractivity contribution in [3.05, 3.63) is 118 Å². The summed E-state index contributed by atoms with van der Waals surface area (Å²) >= 11 is 3.47. The van der Waals surface area contributed by atoms with Gasteiger partial charge in [0.2, 0.25) is 0 Å². The quantitative estimate of drug-likeness (QED) is 0.219. The summed E-state index contributed by atoms with van der Waals surface area (Å²) in [5.74, 6) is -1.88. The van der Waals surface area contributed by atoms with Gasteiger partial charge in [0.25, 0.3) is 11.8 Å². The van der Waals surface area contributed by atoms with Crippen LogP contribution in [0.4, 0.5) is 0 Å². The highest BCUT2D eigenvalue weighted by Gasteiger charge is 2.45. The number of carbonyl (C=O) groups excluding carboxylic acids is 2. The highest BCUT2D eigenvalue weighted by molar-refractivity contribution is 9.10. The van der Waals surface area contributed by atoms with Gasteiger partial charge in [0.15, 0.2) is 9.84 Å². The molecule has 4 aromatic rings. The summed E-state index contributed by atoms with van der Waals surface area (Å²) in [6.45, 7) is 0. The van der Waals surface area contributed by atoms with Gasteiger partial charge >= 0.3 is 0 Å². The molecule has 0 N–H and O–H groups in total. The maximum atomic E-state index is 14.2. The fraction of sp³-hybridized carbons (Fsp3) is 0.125. The van der Waals surface area contributed by atoms with E-state index in [9.17, 15) is 23.3 Å². The summed E-state index contributed by atoms with van der Waals surface area (Å²) in [5, 5.41) is 15.0. The molecule has 1 aromatic heterocycles. The van der Waals surface area contributed by atoms with E-state index in [-0.39, 0.29) is 34.6 Å². The molecule has 1 saturated heterocycles. The van der Waals surface area contributed by atoms with Gasteiger partial charge in [-0.15, -0.1) is 0 Å². The minimum atomic E-state index is -3.41. The number of rotatable bonds is 5. The van der Waals surface area contributed by atoms with E-state index in [0.29, 0.717) is 16.8 Å². The minimum absolute atomic E-state index is 0.118. The Morgan fingerprint density at radius 2 is 1.57 bits per heavy atom. The number of halogens is 1. The van der Waals surface area contributed by atoms with E-state index < -0.39 is 27.7 Å². The molecule has 0 radical (unpaired) electrons. The SMILES string of the molecule is N#CC1=C(c2ccccc2)/C(=C/c2cn(-c3ccccc3)nc2-c2ccc(Br)cc2)C(=O)N(C2CCS(=O)(=O)C2)C1=O. The topological polar surface area (TPSA) is 113 Å². The third kappa shape index (κ3) is 5.13. The van der Waals surface area contributed by atoms with Crippen molar-refractivity contribution in [2.75, 3.05) is 11.5 Å². The molecule has 10 heteroatoms. The first kappa shape index (κ1) is 27.6. The van der Waals surface area contributed by atoms with Crippen LogP contribution in [-0.2, 0) is 19.4 Å². The van der Waals surface area contributed by atoms with Crippen molar-refractivity contribution >= 4 is 49.2 Å².